The van der Waals surface area contributed by atoms with Crippen LogP contribution in [0.4, 0.5) is 0 Å². The predicted molar refractivity (Wildman–Crippen MR) is 56.3 cm³/mol. The van der Waals surface area contributed by atoms with Gasteiger partial charge in [0.1, 0.15) is 12.4 Å². The van der Waals surface area contributed by atoms with E-state index in [1.54, 1.807) is 31.6 Å². The number of rotatable bonds is 2. The van der Waals surface area contributed by atoms with E-state index >= 15 is 0 Å². The Labute approximate surface area is 85.7 Å². The zero-order chi connectivity index (χ0) is 11.0. The van der Waals surface area contributed by atoms with Crippen molar-refractivity contribution in [2.75, 3.05) is 7.05 Å². The molecule has 5 heteroatoms. The fraction of sp³-hybridized carbons (Fsp3) is 0.556. The van der Waals surface area contributed by atoms with Gasteiger partial charge in [0.25, 0.3) is 0 Å². The number of nitrogens with zero attached hydrogens (tertiary/aromatic N) is 1. The molecule has 1 rings (SSSR count). The molecule has 0 fully saturated rings. The second kappa shape index (κ2) is 3.18. The van der Waals surface area contributed by atoms with Gasteiger partial charge in [-0.1, -0.05) is 0 Å². The Hall–Kier alpha value is -0.650. The summed E-state index contributed by atoms with van der Waals surface area (Å²) in [5, 5.41) is 0. The summed E-state index contributed by atoms with van der Waals surface area (Å²) in [6.07, 6.45) is 6.69. The van der Waals surface area contributed by atoms with Gasteiger partial charge in [-0.2, -0.15) is 17.0 Å². The fourth-order valence-corrected chi connectivity index (χ4v) is 2.57. The average Bonchev–Trinajstić information content (AvgIpc) is 2.31. The third-order valence-electron chi connectivity index (χ3n) is 1.83. The molecule has 0 bridgehead atoms. The molecule has 1 N–H and O–H groups in total. The molecule has 0 aromatic carbocycles. The molecule has 0 atom stereocenters. The van der Waals surface area contributed by atoms with Crippen molar-refractivity contribution in [1.82, 2.24) is 4.72 Å². The van der Waals surface area contributed by atoms with Gasteiger partial charge >= 0.3 is 10.2 Å². The molecular weight excluding hydrogens is 200 g/mol. The van der Waals surface area contributed by atoms with E-state index < -0.39 is 15.7 Å². The molecule has 4 nitrogen and oxygen atoms in total. The van der Waals surface area contributed by atoms with E-state index in [0.29, 0.717) is 0 Å². The second-order valence-electron chi connectivity index (χ2n) is 4.57. The fourth-order valence-electron chi connectivity index (χ4n) is 1.14. The second-order valence-corrected chi connectivity index (χ2v) is 6.51. The molecule has 1 aliphatic heterocycles. The minimum Gasteiger partial charge on any atom is -0.163 e. The molecule has 1 heterocycles. The molecule has 0 saturated heterocycles. The third-order valence-corrected chi connectivity index (χ3v) is 3.98. The lowest BCUT2D eigenvalue weighted by Crippen LogP contribution is -2.52. The maximum absolute atomic E-state index is 11.9. The lowest BCUT2D eigenvalue weighted by molar-refractivity contribution is -0.666. The van der Waals surface area contributed by atoms with Crippen LogP contribution in [0.5, 0.6) is 0 Å². The first-order valence-electron chi connectivity index (χ1n) is 4.43. The van der Waals surface area contributed by atoms with E-state index in [2.05, 4.69) is 4.72 Å². The standard InChI is InChI=1S/C9H17N2O2S/c1-9(2,3)10-14(12,13)11(4)7-5-6-8-11/h5-8,10H,1-4H3/q+1. The molecule has 0 radical (unpaired) electrons. The quantitative estimate of drug-likeness (QED) is 0.704. The topological polar surface area (TPSA) is 46.2 Å². The highest BCUT2D eigenvalue weighted by Crippen LogP contribution is 2.19. The Morgan fingerprint density at radius 1 is 1.14 bits per heavy atom. The van der Waals surface area contributed by atoms with Crippen LogP contribution in [0.3, 0.4) is 0 Å². The summed E-state index contributed by atoms with van der Waals surface area (Å²) in [6, 6.07) is 0. The largest absolute Gasteiger partial charge is 0.379 e. The average molecular weight is 217 g/mol. The van der Waals surface area contributed by atoms with Gasteiger partial charge in [-0.15, -0.1) is 0 Å². The van der Waals surface area contributed by atoms with Gasteiger partial charge in [0.15, 0.2) is 0 Å². The number of hydrogen-bond donors (Lipinski definition) is 1. The molecule has 0 unspecified atom stereocenters. The van der Waals surface area contributed by atoms with Crippen molar-refractivity contribution in [1.29, 1.82) is 0 Å². The maximum Gasteiger partial charge on any atom is 0.379 e. The van der Waals surface area contributed by atoms with Gasteiger partial charge in [-0.25, -0.2) is 0 Å². The molecule has 1 aliphatic rings. The van der Waals surface area contributed by atoms with Crippen molar-refractivity contribution in [2.45, 2.75) is 26.3 Å². The van der Waals surface area contributed by atoms with Crippen molar-refractivity contribution in [2.24, 2.45) is 0 Å². The molecule has 14 heavy (non-hydrogen) atoms. The van der Waals surface area contributed by atoms with Crippen LogP contribution < -0.4 is 4.72 Å². The van der Waals surface area contributed by atoms with E-state index in [0.717, 1.165) is 0 Å². The number of nitrogens with one attached hydrogen (secondary N) is 1. The normalized spacial score (nSPS) is 20.3. The monoisotopic (exact) mass is 217 g/mol. The van der Waals surface area contributed by atoms with Gasteiger partial charge < -0.3 is 0 Å². The van der Waals surface area contributed by atoms with E-state index in [1.165, 1.54) is 0 Å². The molecule has 0 spiro atoms. The Bertz CT molecular complexity index is 362. The molecule has 0 saturated carbocycles. The Morgan fingerprint density at radius 2 is 1.57 bits per heavy atom. The van der Waals surface area contributed by atoms with Crippen molar-refractivity contribution < 1.29 is 12.3 Å². The maximum atomic E-state index is 11.9. The number of allylic oxidation sites excluding steroid dienone is 2. The van der Waals surface area contributed by atoms with Gasteiger partial charge in [0, 0.05) is 5.54 Å². The molecular formula is C9H17N2O2S+. The van der Waals surface area contributed by atoms with Crippen molar-refractivity contribution >= 4 is 10.2 Å². The first-order chi connectivity index (χ1) is 6.16. The van der Waals surface area contributed by atoms with Crippen LogP contribution in [0.25, 0.3) is 0 Å². The van der Waals surface area contributed by atoms with Crippen molar-refractivity contribution in [3.8, 4) is 0 Å². The van der Waals surface area contributed by atoms with Gasteiger partial charge in [-0.05, 0) is 32.9 Å². The molecule has 0 amide bonds. The first kappa shape index (κ1) is 11.4. The lowest BCUT2D eigenvalue weighted by atomic mass is 10.1. The van der Waals surface area contributed by atoms with Crippen LogP contribution >= 0.6 is 0 Å². The predicted octanol–water partition coefficient (Wildman–Crippen LogP) is 1.11. The van der Waals surface area contributed by atoms with E-state index in [4.69, 9.17) is 0 Å². The van der Waals surface area contributed by atoms with E-state index in [1.807, 2.05) is 20.8 Å². The SMILES string of the molecule is CC(C)(C)NS(=O)(=O)[N+]1(C)C=CC=C1. The zero-order valence-corrected chi connectivity index (χ0v) is 9.80. The summed E-state index contributed by atoms with van der Waals surface area (Å²) >= 11 is 0. The number of hydrogen-bond acceptors (Lipinski definition) is 2. The minimum atomic E-state index is -3.40. The highest BCUT2D eigenvalue weighted by atomic mass is 32.2. The van der Waals surface area contributed by atoms with Gasteiger partial charge in [0.05, 0.1) is 7.05 Å². The van der Waals surface area contributed by atoms with Gasteiger partial charge in [0.2, 0.25) is 0 Å². The van der Waals surface area contributed by atoms with Crippen LogP contribution in [-0.4, -0.2) is 24.9 Å². The summed E-state index contributed by atoms with van der Waals surface area (Å²) in [5.74, 6) is 0. The summed E-state index contributed by atoms with van der Waals surface area (Å²) in [5.41, 5.74) is -0.454. The summed E-state index contributed by atoms with van der Waals surface area (Å²) < 4.78 is 26.3. The Morgan fingerprint density at radius 3 is 1.93 bits per heavy atom. The summed E-state index contributed by atoms with van der Waals surface area (Å²) in [6.45, 7) is 5.46. The van der Waals surface area contributed by atoms with Crippen LogP contribution in [0, 0.1) is 0 Å². The summed E-state index contributed by atoms with van der Waals surface area (Å²) in [4.78, 5) is 0. The van der Waals surface area contributed by atoms with Gasteiger partial charge in [-0.3, -0.25) is 0 Å². The van der Waals surface area contributed by atoms with Crippen molar-refractivity contribution in [3.63, 3.8) is 0 Å². The smallest absolute Gasteiger partial charge is 0.163 e. The molecule has 0 aromatic rings. The van der Waals surface area contributed by atoms with Crippen LogP contribution in [0.2, 0.25) is 0 Å². The highest BCUT2D eigenvalue weighted by Gasteiger charge is 2.38. The number of quaternary nitrogens is 1. The Kier molecular flexibility index (Phi) is 2.60. The highest BCUT2D eigenvalue weighted by molar-refractivity contribution is 7.84. The molecule has 0 aromatic heterocycles. The lowest BCUT2D eigenvalue weighted by Gasteiger charge is -2.27. The van der Waals surface area contributed by atoms with E-state index in [-0.39, 0.29) is 3.89 Å². The van der Waals surface area contributed by atoms with E-state index in [9.17, 15) is 8.42 Å². The van der Waals surface area contributed by atoms with Crippen LogP contribution in [0.15, 0.2) is 24.6 Å². The molecule has 80 valence electrons. The summed E-state index contributed by atoms with van der Waals surface area (Å²) in [7, 11) is -1.78. The zero-order valence-electron chi connectivity index (χ0n) is 8.98. The third kappa shape index (κ3) is 2.23. The van der Waals surface area contributed by atoms with Crippen molar-refractivity contribution in [3.05, 3.63) is 24.6 Å². The Balaban J connectivity index is 2.98. The van der Waals surface area contributed by atoms with Crippen LogP contribution in [0.1, 0.15) is 20.8 Å². The minimum absolute atomic E-state index is 0.218. The first-order valence-corrected chi connectivity index (χ1v) is 5.87. The van der Waals surface area contributed by atoms with Crippen LogP contribution in [-0.2, 0) is 10.2 Å². The molecule has 0 aliphatic carbocycles.